The van der Waals surface area contributed by atoms with Gasteiger partial charge in [-0.25, -0.2) is 0 Å². The molecule has 2 aromatic rings. The zero-order chi connectivity index (χ0) is 10.8. The van der Waals surface area contributed by atoms with Crippen LogP contribution in [0.15, 0.2) is 24.4 Å². The summed E-state index contributed by atoms with van der Waals surface area (Å²) in [6, 6.07) is 5.57. The van der Waals surface area contributed by atoms with E-state index >= 15 is 0 Å². The van der Waals surface area contributed by atoms with Crippen LogP contribution in [0.25, 0.3) is 10.9 Å². The van der Waals surface area contributed by atoms with Crippen LogP contribution in [-0.4, -0.2) is 11.5 Å². The zero-order valence-electron chi connectivity index (χ0n) is 8.16. The summed E-state index contributed by atoms with van der Waals surface area (Å²) >= 11 is 5.86. The van der Waals surface area contributed by atoms with Crippen molar-refractivity contribution >= 4 is 29.0 Å². The Balaban J connectivity index is 2.49. The Kier molecular flexibility index (Phi) is 2.64. The zero-order valence-corrected chi connectivity index (χ0v) is 8.91. The molecule has 0 spiro atoms. The van der Waals surface area contributed by atoms with Crippen LogP contribution in [0.4, 0.5) is 0 Å². The smallest absolute Gasteiger partial charge is 0.293 e. The van der Waals surface area contributed by atoms with E-state index in [9.17, 15) is 4.79 Å². The third kappa shape index (κ3) is 1.83. The maximum atomic E-state index is 10.2. The van der Waals surface area contributed by atoms with Gasteiger partial charge in [0.25, 0.3) is 6.47 Å². The number of fused-ring (bicyclic) bond motifs is 1. The molecule has 2 rings (SSSR count). The van der Waals surface area contributed by atoms with Gasteiger partial charge in [0.1, 0.15) is 6.10 Å². The van der Waals surface area contributed by atoms with Crippen LogP contribution < -0.4 is 0 Å². The predicted octanol–water partition coefficient (Wildman–Crippen LogP) is 3.06. The Hall–Kier alpha value is -1.48. The molecule has 4 heteroatoms. The molecule has 1 heterocycles. The van der Waals surface area contributed by atoms with Gasteiger partial charge in [-0.15, -0.1) is 0 Å². The fourth-order valence-corrected chi connectivity index (χ4v) is 1.79. The number of halogens is 1. The molecule has 0 fully saturated rings. The molecule has 0 aliphatic heterocycles. The van der Waals surface area contributed by atoms with Gasteiger partial charge in [-0.1, -0.05) is 17.7 Å². The Morgan fingerprint density at radius 1 is 1.53 bits per heavy atom. The highest BCUT2D eigenvalue weighted by Gasteiger charge is 2.11. The molecule has 0 amide bonds. The van der Waals surface area contributed by atoms with E-state index in [0.29, 0.717) is 11.5 Å². The molecule has 0 saturated heterocycles. The van der Waals surface area contributed by atoms with E-state index in [2.05, 4.69) is 4.98 Å². The molecule has 1 N–H and O–H groups in total. The third-order valence-electron chi connectivity index (χ3n) is 2.37. The summed E-state index contributed by atoms with van der Waals surface area (Å²) < 4.78 is 4.89. The molecule has 15 heavy (non-hydrogen) atoms. The minimum absolute atomic E-state index is 0.252. The number of aromatic amines is 1. The number of hydrogen-bond acceptors (Lipinski definition) is 2. The summed E-state index contributed by atoms with van der Waals surface area (Å²) in [6.45, 7) is 2.28. The van der Waals surface area contributed by atoms with Crippen LogP contribution in [0, 0.1) is 0 Å². The van der Waals surface area contributed by atoms with Crippen molar-refractivity contribution in [1.29, 1.82) is 0 Å². The van der Waals surface area contributed by atoms with E-state index in [0.717, 1.165) is 16.5 Å². The molecular formula is C11H10ClNO2. The van der Waals surface area contributed by atoms with E-state index in [4.69, 9.17) is 16.3 Å². The van der Waals surface area contributed by atoms with Gasteiger partial charge < -0.3 is 9.72 Å². The summed E-state index contributed by atoms with van der Waals surface area (Å²) in [4.78, 5) is 13.3. The first-order valence-electron chi connectivity index (χ1n) is 4.58. The highest BCUT2D eigenvalue weighted by molar-refractivity contribution is 6.31. The first-order valence-corrected chi connectivity index (χ1v) is 4.96. The van der Waals surface area contributed by atoms with Crippen molar-refractivity contribution in [3.63, 3.8) is 0 Å². The maximum Gasteiger partial charge on any atom is 0.293 e. The van der Waals surface area contributed by atoms with Crippen molar-refractivity contribution in [2.75, 3.05) is 0 Å². The fraction of sp³-hybridized carbons (Fsp3) is 0.182. The number of aromatic nitrogens is 1. The number of nitrogens with one attached hydrogen (secondary N) is 1. The van der Waals surface area contributed by atoms with Crippen molar-refractivity contribution in [2.24, 2.45) is 0 Å². The third-order valence-corrected chi connectivity index (χ3v) is 2.61. The Morgan fingerprint density at radius 2 is 2.33 bits per heavy atom. The molecule has 1 aromatic heterocycles. The molecule has 1 unspecified atom stereocenters. The molecule has 0 aliphatic rings. The largest absolute Gasteiger partial charge is 0.460 e. The number of carbonyl (C=O) groups is 1. The summed E-state index contributed by atoms with van der Waals surface area (Å²) in [6.07, 6.45) is 1.58. The second-order valence-electron chi connectivity index (χ2n) is 3.31. The Bertz CT molecular complexity index is 492. The van der Waals surface area contributed by atoms with E-state index < -0.39 is 0 Å². The van der Waals surface area contributed by atoms with Crippen molar-refractivity contribution in [3.05, 3.63) is 35.0 Å². The second kappa shape index (κ2) is 3.95. The minimum atomic E-state index is -0.252. The molecule has 0 bridgehead atoms. The predicted molar refractivity (Wildman–Crippen MR) is 58.9 cm³/mol. The maximum absolute atomic E-state index is 10.2. The van der Waals surface area contributed by atoms with Gasteiger partial charge >= 0.3 is 0 Å². The topological polar surface area (TPSA) is 42.1 Å². The number of hydrogen-bond donors (Lipinski definition) is 1. The average Bonchev–Trinajstić information content (AvgIpc) is 2.60. The lowest BCUT2D eigenvalue weighted by Crippen LogP contribution is -1.96. The number of ether oxygens (including phenoxy) is 1. The lowest BCUT2D eigenvalue weighted by Gasteiger charge is -2.07. The number of carbonyl (C=O) groups excluding carboxylic acids is 1. The fourth-order valence-electron chi connectivity index (χ4n) is 1.61. The standard InChI is InChI=1S/C11H10ClNO2/c1-7(15-6-14)10-5-13-11-4-8(12)2-3-9(10)11/h2-7,13H,1H3. The van der Waals surface area contributed by atoms with Crippen molar-refractivity contribution in [1.82, 2.24) is 4.98 Å². The van der Waals surface area contributed by atoms with E-state index in [1.807, 2.05) is 31.3 Å². The summed E-state index contributed by atoms with van der Waals surface area (Å²) in [5.41, 5.74) is 1.90. The van der Waals surface area contributed by atoms with Gasteiger partial charge in [-0.05, 0) is 19.1 Å². The van der Waals surface area contributed by atoms with Gasteiger partial charge in [0.2, 0.25) is 0 Å². The van der Waals surface area contributed by atoms with Crippen LogP contribution in [0.5, 0.6) is 0 Å². The van der Waals surface area contributed by atoms with Crippen molar-refractivity contribution in [2.45, 2.75) is 13.0 Å². The molecule has 3 nitrogen and oxygen atoms in total. The van der Waals surface area contributed by atoms with E-state index in [1.165, 1.54) is 0 Å². The lowest BCUT2D eigenvalue weighted by molar-refractivity contribution is -0.133. The van der Waals surface area contributed by atoms with Crippen LogP contribution >= 0.6 is 11.6 Å². The van der Waals surface area contributed by atoms with Crippen LogP contribution in [0.3, 0.4) is 0 Å². The Morgan fingerprint density at radius 3 is 3.07 bits per heavy atom. The highest BCUT2D eigenvalue weighted by atomic mass is 35.5. The lowest BCUT2D eigenvalue weighted by atomic mass is 10.1. The monoisotopic (exact) mass is 223 g/mol. The van der Waals surface area contributed by atoms with Gasteiger partial charge in [0.05, 0.1) is 0 Å². The normalized spacial score (nSPS) is 12.7. The van der Waals surface area contributed by atoms with Crippen molar-refractivity contribution in [3.8, 4) is 0 Å². The second-order valence-corrected chi connectivity index (χ2v) is 3.74. The minimum Gasteiger partial charge on any atom is -0.460 e. The number of benzene rings is 1. The van der Waals surface area contributed by atoms with E-state index in [1.54, 1.807) is 0 Å². The quantitative estimate of drug-likeness (QED) is 0.813. The van der Waals surface area contributed by atoms with Gasteiger partial charge in [-0.2, -0.15) is 0 Å². The average molecular weight is 224 g/mol. The van der Waals surface area contributed by atoms with Gasteiger partial charge in [0.15, 0.2) is 0 Å². The molecule has 1 atom stereocenters. The highest BCUT2D eigenvalue weighted by Crippen LogP contribution is 2.27. The first kappa shape index (κ1) is 10.1. The summed E-state index contributed by atoms with van der Waals surface area (Å²) in [5, 5.41) is 1.70. The van der Waals surface area contributed by atoms with Crippen LogP contribution in [-0.2, 0) is 9.53 Å². The Labute approximate surface area is 92.0 Å². The molecule has 0 aliphatic carbocycles. The van der Waals surface area contributed by atoms with Crippen LogP contribution in [0.1, 0.15) is 18.6 Å². The summed E-state index contributed by atoms with van der Waals surface area (Å²) in [7, 11) is 0. The molecule has 78 valence electrons. The molecule has 1 aromatic carbocycles. The van der Waals surface area contributed by atoms with E-state index in [-0.39, 0.29) is 6.10 Å². The molecule has 0 radical (unpaired) electrons. The number of H-pyrrole nitrogens is 1. The SMILES string of the molecule is CC(OC=O)c1c[nH]c2cc(Cl)ccc12. The molecule has 0 saturated carbocycles. The van der Waals surface area contributed by atoms with Gasteiger partial charge in [0, 0.05) is 27.7 Å². The van der Waals surface area contributed by atoms with Crippen LogP contribution in [0.2, 0.25) is 5.02 Å². The van der Waals surface area contributed by atoms with Gasteiger partial charge in [-0.3, -0.25) is 4.79 Å². The van der Waals surface area contributed by atoms with Crippen molar-refractivity contribution < 1.29 is 9.53 Å². The summed E-state index contributed by atoms with van der Waals surface area (Å²) in [5.74, 6) is 0. The molecular weight excluding hydrogens is 214 g/mol. The first-order chi connectivity index (χ1) is 7.22. The number of rotatable bonds is 3.